The summed E-state index contributed by atoms with van der Waals surface area (Å²) in [5.41, 5.74) is 1.04. The number of thioether (sulfide) groups is 1. The van der Waals surface area contributed by atoms with Gasteiger partial charge < -0.3 is 14.8 Å². The maximum atomic E-state index is 11.5. The summed E-state index contributed by atoms with van der Waals surface area (Å²) in [7, 11) is 0. The smallest absolute Gasteiger partial charge is 0.231 e. The van der Waals surface area contributed by atoms with Gasteiger partial charge in [0.05, 0.1) is 10.8 Å². The zero-order valence-electron chi connectivity index (χ0n) is 10.3. The highest BCUT2D eigenvalue weighted by Gasteiger charge is 2.23. The maximum absolute atomic E-state index is 11.5. The molecule has 0 radical (unpaired) electrons. The van der Waals surface area contributed by atoms with Crippen molar-refractivity contribution in [3.8, 4) is 11.5 Å². The molecule has 1 aromatic carbocycles. The van der Waals surface area contributed by atoms with E-state index in [0.717, 1.165) is 24.2 Å². The van der Waals surface area contributed by atoms with Gasteiger partial charge in [-0.3, -0.25) is 4.79 Å². The first-order chi connectivity index (χ1) is 9.22. The zero-order chi connectivity index (χ0) is 13.2. The van der Waals surface area contributed by atoms with E-state index in [1.807, 2.05) is 12.1 Å². The second kappa shape index (κ2) is 5.51. The fourth-order valence-corrected chi connectivity index (χ4v) is 2.92. The van der Waals surface area contributed by atoms with E-state index >= 15 is 0 Å². The Kier molecular flexibility index (Phi) is 3.75. The van der Waals surface area contributed by atoms with Crippen LogP contribution in [0.5, 0.6) is 11.5 Å². The molecule has 0 spiro atoms. The van der Waals surface area contributed by atoms with Crippen LogP contribution < -0.4 is 14.8 Å². The second-order valence-electron chi connectivity index (χ2n) is 4.65. The Bertz CT molecular complexity index is 505. The van der Waals surface area contributed by atoms with Gasteiger partial charge in [0, 0.05) is 11.8 Å². The average molecular weight is 300 g/mol. The quantitative estimate of drug-likeness (QED) is 0.908. The number of benzene rings is 1. The fourth-order valence-electron chi connectivity index (χ4n) is 1.86. The van der Waals surface area contributed by atoms with E-state index in [2.05, 4.69) is 5.32 Å². The highest BCUT2D eigenvalue weighted by Crippen LogP contribution is 2.40. The van der Waals surface area contributed by atoms with E-state index in [4.69, 9.17) is 21.1 Å². The first kappa shape index (κ1) is 12.9. The molecular formula is C13H14ClNO3S. The number of carbonyl (C=O) groups is 1. The van der Waals surface area contributed by atoms with E-state index in [-0.39, 0.29) is 12.7 Å². The van der Waals surface area contributed by atoms with Gasteiger partial charge in [0.25, 0.3) is 0 Å². The number of hydrogen-bond donors (Lipinski definition) is 1. The van der Waals surface area contributed by atoms with Crippen LogP contribution in [0, 0.1) is 0 Å². The normalized spacial score (nSPS) is 16.5. The molecule has 1 N–H and O–H groups in total. The first-order valence-corrected chi connectivity index (χ1v) is 7.71. The highest BCUT2D eigenvalue weighted by atomic mass is 35.5. The van der Waals surface area contributed by atoms with Gasteiger partial charge in [0.1, 0.15) is 0 Å². The minimum atomic E-state index is 0.111. The topological polar surface area (TPSA) is 47.6 Å². The molecule has 2 aliphatic rings. The Morgan fingerprint density at radius 2 is 2.26 bits per heavy atom. The number of hydrogen-bond acceptors (Lipinski definition) is 4. The van der Waals surface area contributed by atoms with Crippen molar-refractivity contribution >= 4 is 29.3 Å². The second-order valence-corrected chi connectivity index (χ2v) is 6.04. The van der Waals surface area contributed by atoms with Crippen LogP contribution in [0.25, 0.3) is 0 Å². The van der Waals surface area contributed by atoms with Gasteiger partial charge in [0.15, 0.2) is 11.5 Å². The van der Waals surface area contributed by atoms with Gasteiger partial charge in [-0.15, -0.1) is 11.8 Å². The summed E-state index contributed by atoms with van der Waals surface area (Å²) in [6.07, 6.45) is 2.24. The van der Waals surface area contributed by atoms with Crippen molar-refractivity contribution in [3.05, 3.63) is 22.7 Å². The third-order valence-corrected chi connectivity index (χ3v) is 4.22. The summed E-state index contributed by atoms with van der Waals surface area (Å²) in [6, 6.07) is 4.20. The summed E-state index contributed by atoms with van der Waals surface area (Å²) in [5, 5.41) is 3.53. The molecular weight excluding hydrogens is 286 g/mol. The Morgan fingerprint density at radius 3 is 3.05 bits per heavy atom. The Hall–Kier alpha value is -1.07. The molecule has 0 saturated heterocycles. The van der Waals surface area contributed by atoms with Gasteiger partial charge in [-0.1, -0.05) is 11.6 Å². The molecule has 0 atom stereocenters. The number of fused-ring (bicyclic) bond motifs is 1. The largest absolute Gasteiger partial charge is 0.454 e. The van der Waals surface area contributed by atoms with E-state index in [1.165, 1.54) is 0 Å². The molecule has 6 heteroatoms. The van der Waals surface area contributed by atoms with Gasteiger partial charge in [0.2, 0.25) is 12.7 Å². The van der Waals surface area contributed by atoms with Crippen molar-refractivity contribution in [1.82, 2.24) is 5.32 Å². The fraction of sp³-hybridized carbons (Fsp3) is 0.462. The van der Waals surface area contributed by atoms with Crippen molar-refractivity contribution < 1.29 is 14.3 Å². The van der Waals surface area contributed by atoms with Gasteiger partial charge in [-0.05, 0) is 30.5 Å². The molecule has 1 aromatic rings. The van der Waals surface area contributed by atoms with E-state index < -0.39 is 0 Å². The molecule has 1 fully saturated rings. The van der Waals surface area contributed by atoms with Crippen LogP contribution in [0.4, 0.5) is 0 Å². The number of rotatable bonds is 5. The predicted molar refractivity (Wildman–Crippen MR) is 74.9 cm³/mol. The Morgan fingerprint density at radius 1 is 1.42 bits per heavy atom. The average Bonchev–Trinajstić information content (AvgIpc) is 3.04. The molecule has 1 aliphatic carbocycles. The van der Waals surface area contributed by atoms with Crippen LogP contribution >= 0.6 is 23.4 Å². The third kappa shape index (κ3) is 3.28. The van der Waals surface area contributed by atoms with Crippen molar-refractivity contribution in [2.45, 2.75) is 24.6 Å². The van der Waals surface area contributed by atoms with Gasteiger partial charge in [-0.25, -0.2) is 0 Å². The molecule has 0 aromatic heterocycles. The molecule has 0 unspecified atom stereocenters. The van der Waals surface area contributed by atoms with Crippen LogP contribution in [0.2, 0.25) is 5.02 Å². The number of halogens is 1. The number of carbonyl (C=O) groups excluding carboxylic acids is 1. The monoisotopic (exact) mass is 299 g/mol. The minimum Gasteiger partial charge on any atom is -0.454 e. The summed E-state index contributed by atoms with van der Waals surface area (Å²) >= 11 is 7.67. The lowest BCUT2D eigenvalue weighted by Gasteiger charge is -2.06. The third-order valence-electron chi connectivity index (χ3n) is 2.93. The summed E-state index contributed by atoms with van der Waals surface area (Å²) in [4.78, 5) is 11.5. The Labute approximate surface area is 120 Å². The number of ether oxygens (including phenoxy) is 2. The van der Waals surface area contributed by atoms with Crippen LogP contribution in [0.15, 0.2) is 12.1 Å². The van der Waals surface area contributed by atoms with Crippen molar-refractivity contribution in [2.24, 2.45) is 0 Å². The predicted octanol–water partition coefficient (Wildman–Crippen LogP) is 2.58. The standard InChI is InChI=1S/C13H14ClNO3S/c14-10-3-8(4-11-13(10)18-7-17-11)5-19-6-12(16)15-9-1-2-9/h3-4,9H,1-2,5-7H2,(H,15,16). The van der Waals surface area contributed by atoms with E-state index in [9.17, 15) is 4.79 Å². The minimum absolute atomic E-state index is 0.111. The van der Waals surface area contributed by atoms with Crippen LogP contribution in [-0.4, -0.2) is 24.5 Å². The molecule has 0 bridgehead atoms. The SMILES string of the molecule is O=C(CSCc1cc(Cl)c2c(c1)OCO2)NC1CC1. The number of amides is 1. The molecule has 19 heavy (non-hydrogen) atoms. The molecule has 1 amide bonds. The van der Waals surface area contributed by atoms with E-state index in [0.29, 0.717) is 28.3 Å². The highest BCUT2D eigenvalue weighted by molar-refractivity contribution is 7.99. The lowest BCUT2D eigenvalue weighted by atomic mass is 10.2. The Balaban J connectivity index is 1.52. The summed E-state index contributed by atoms with van der Waals surface area (Å²) in [5.74, 6) is 2.61. The molecule has 4 nitrogen and oxygen atoms in total. The molecule has 1 heterocycles. The van der Waals surface area contributed by atoms with Gasteiger partial charge >= 0.3 is 0 Å². The summed E-state index contributed by atoms with van der Waals surface area (Å²) < 4.78 is 10.6. The van der Waals surface area contributed by atoms with Crippen LogP contribution in [0.3, 0.4) is 0 Å². The molecule has 1 aliphatic heterocycles. The number of nitrogens with one attached hydrogen (secondary N) is 1. The first-order valence-electron chi connectivity index (χ1n) is 6.17. The van der Waals surface area contributed by atoms with Crippen LogP contribution in [0.1, 0.15) is 18.4 Å². The van der Waals surface area contributed by atoms with Crippen molar-refractivity contribution in [1.29, 1.82) is 0 Å². The molecule has 1 saturated carbocycles. The van der Waals surface area contributed by atoms with E-state index in [1.54, 1.807) is 11.8 Å². The van der Waals surface area contributed by atoms with Crippen molar-refractivity contribution in [3.63, 3.8) is 0 Å². The summed E-state index contributed by atoms with van der Waals surface area (Å²) in [6.45, 7) is 0.218. The maximum Gasteiger partial charge on any atom is 0.231 e. The zero-order valence-corrected chi connectivity index (χ0v) is 11.9. The lowest BCUT2D eigenvalue weighted by molar-refractivity contribution is -0.118. The van der Waals surface area contributed by atoms with Gasteiger partial charge in [-0.2, -0.15) is 0 Å². The van der Waals surface area contributed by atoms with Crippen LogP contribution in [-0.2, 0) is 10.5 Å². The lowest BCUT2D eigenvalue weighted by Crippen LogP contribution is -2.27. The van der Waals surface area contributed by atoms with Crippen molar-refractivity contribution in [2.75, 3.05) is 12.5 Å². The molecule has 3 rings (SSSR count). The molecule has 102 valence electrons.